The second kappa shape index (κ2) is 3.95. The van der Waals surface area contributed by atoms with E-state index in [1.807, 2.05) is 0 Å². The number of rotatable bonds is 4. The molecule has 13 heavy (non-hydrogen) atoms. The van der Waals surface area contributed by atoms with Gasteiger partial charge in [-0.15, -0.1) is 16.2 Å². The molecular formula is C6H7NO4S2. The molecule has 0 amide bonds. The summed E-state index contributed by atoms with van der Waals surface area (Å²) in [6.07, 6.45) is 0.972. The first-order valence-electron chi connectivity index (χ1n) is 3.28. The molecule has 0 aliphatic heterocycles. The van der Waals surface area contributed by atoms with Crippen molar-refractivity contribution in [1.29, 1.82) is 0 Å². The summed E-state index contributed by atoms with van der Waals surface area (Å²) < 4.78 is 25.7. The summed E-state index contributed by atoms with van der Waals surface area (Å²) in [5.41, 5.74) is 0. The molecule has 0 aromatic carbocycles. The van der Waals surface area contributed by atoms with E-state index in [1.54, 1.807) is 6.07 Å². The first-order chi connectivity index (χ1) is 6.01. The molecule has 0 fully saturated rings. The van der Waals surface area contributed by atoms with Crippen molar-refractivity contribution >= 4 is 26.5 Å². The van der Waals surface area contributed by atoms with Gasteiger partial charge < -0.3 is 0 Å². The minimum absolute atomic E-state index is 0.0426. The van der Waals surface area contributed by atoms with E-state index in [2.05, 4.69) is 9.36 Å². The van der Waals surface area contributed by atoms with Gasteiger partial charge in [0.05, 0.1) is 6.26 Å². The Morgan fingerprint density at radius 3 is 2.69 bits per heavy atom. The van der Waals surface area contributed by atoms with Crippen LogP contribution in [0.3, 0.4) is 0 Å². The van der Waals surface area contributed by atoms with Crippen LogP contribution in [0, 0.1) is 4.91 Å². The SMILES string of the molecule is CS(=O)(=O)OCc1ccc(N=O)s1. The number of hydrogen-bond acceptors (Lipinski definition) is 6. The van der Waals surface area contributed by atoms with Crippen LogP contribution >= 0.6 is 11.3 Å². The Morgan fingerprint density at radius 1 is 1.54 bits per heavy atom. The molecule has 0 unspecified atom stereocenters. The quantitative estimate of drug-likeness (QED) is 0.572. The minimum atomic E-state index is -3.42. The van der Waals surface area contributed by atoms with Gasteiger partial charge in [0.1, 0.15) is 6.61 Å². The van der Waals surface area contributed by atoms with Crippen LogP contribution in [-0.4, -0.2) is 14.7 Å². The first-order valence-corrected chi connectivity index (χ1v) is 5.91. The molecule has 1 heterocycles. The van der Waals surface area contributed by atoms with Crippen LogP contribution in [0.5, 0.6) is 0 Å². The van der Waals surface area contributed by atoms with E-state index in [0.29, 0.717) is 9.88 Å². The van der Waals surface area contributed by atoms with E-state index in [4.69, 9.17) is 0 Å². The molecule has 0 atom stereocenters. The molecule has 0 saturated heterocycles. The molecule has 0 bridgehead atoms. The number of hydrogen-bond donors (Lipinski definition) is 0. The largest absolute Gasteiger partial charge is 0.265 e. The summed E-state index contributed by atoms with van der Waals surface area (Å²) in [5.74, 6) is 0. The van der Waals surface area contributed by atoms with Crippen LogP contribution in [0.15, 0.2) is 17.3 Å². The van der Waals surface area contributed by atoms with Crippen molar-refractivity contribution in [1.82, 2.24) is 0 Å². The molecule has 0 radical (unpaired) electrons. The van der Waals surface area contributed by atoms with Gasteiger partial charge in [0.2, 0.25) is 0 Å². The van der Waals surface area contributed by atoms with Gasteiger partial charge in [0.25, 0.3) is 10.1 Å². The Morgan fingerprint density at radius 2 is 2.23 bits per heavy atom. The van der Waals surface area contributed by atoms with E-state index >= 15 is 0 Å². The topological polar surface area (TPSA) is 72.8 Å². The summed E-state index contributed by atoms with van der Waals surface area (Å²) in [5, 5.41) is 3.01. The summed E-state index contributed by atoms with van der Waals surface area (Å²) in [7, 11) is -3.42. The van der Waals surface area contributed by atoms with Crippen molar-refractivity contribution in [3.63, 3.8) is 0 Å². The minimum Gasteiger partial charge on any atom is -0.265 e. The van der Waals surface area contributed by atoms with Crippen molar-refractivity contribution in [3.05, 3.63) is 21.9 Å². The first kappa shape index (κ1) is 10.3. The maximum absolute atomic E-state index is 10.6. The van der Waals surface area contributed by atoms with E-state index in [0.717, 1.165) is 17.6 Å². The van der Waals surface area contributed by atoms with E-state index in [1.165, 1.54) is 6.07 Å². The predicted molar refractivity (Wildman–Crippen MR) is 49.4 cm³/mol. The summed E-state index contributed by atoms with van der Waals surface area (Å²) >= 11 is 1.10. The van der Waals surface area contributed by atoms with Crippen LogP contribution in [-0.2, 0) is 20.9 Å². The Labute approximate surface area is 79.4 Å². The zero-order valence-corrected chi connectivity index (χ0v) is 8.39. The van der Waals surface area contributed by atoms with Gasteiger partial charge in [0, 0.05) is 4.88 Å². The van der Waals surface area contributed by atoms with E-state index in [-0.39, 0.29) is 6.61 Å². The number of thiophene rings is 1. The Bertz CT molecular complexity index is 395. The zero-order valence-electron chi connectivity index (χ0n) is 6.76. The molecular weight excluding hydrogens is 214 g/mol. The third-order valence-corrected chi connectivity index (χ3v) is 2.63. The molecule has 0 N–H and O–H groups in total. The van der Waals surface area contributed by atoms with Crippen LogP contribution in [0.1, 0.15) is 4.88 Å². The summed E-state index contributed by atoms with van der Waals surface area (Å²) in [6, 6.07) is 3.12. The Hall–Kier alpha value is -0.790. The van der Waals surface area contributed by atoms with E-state index in [9.17, 15) is 13.3 Å². The highest BCUT2D eigenvalue weighted by Crippen LogP contribution is 2.25. The highest BCUT2D eigenvalue weighted by atomic mass is 32.2. The monoisotopic (exact) mass is 221 g/mol. The van der Waals surface area contributed by atoms with Crippen molar-refractivity contribution in [2.75, 3.05) is 6.26 Å². The molecule has 0 saturated carbocycles. The molecule has 7 heteroatoms. The molecule has 5 nitrogen and oxygen atoms in total. The number of nitrogens with zero attached hydrogens (tertiary/aromatic N) is 1. The van der Waals surface area contributed by atoms with Crippen molar-refractivity contribution in [2.24, 2.45) is 5.18 Å². The Kier molecular flexibility index (Phi) is 3.12. The Balaban J connectivity index is 2.60. The van der Waals surface area contributed by atoms with Crippen LogP contribution in [0.4, 0.5) is 5.00 Å². The second-order valence-electron chi connectivity index (χ2n) is 2.30. The molecule has 0 aliphatic carbocycles. The average molecular weight is 221 g/mol. The van der Waals surface area contributed by atoms with Crippen LogP contribution < -0.4 is 0 Å². The average Bonchev–Trinajstić information content (AvgIpc) is 2.47. The molecule has 1 rings (SSSR count). The fourth-order valence-corrected chi connectivity index (χ4v) is 1.77. The molecule has 1 aromatic rings. The van der Waals surface area contributed by atoms with Crippen molar-refractivity contribution < 1.29 is 12.6 Å². The molecule has 0 aliphatic rings. The molecule has 0 spiro atoms. The maximum Gasteiger partial charge on any atom is 0.264 e. The van der Waals surface area contributed by atoms with Gasteiger partial charge in [-0.3, -0.25) is 4.18 Å². The predicted octanol–water partition coefficient (Wildman–Crippen LogP) is 1.62. The smallest absolute Gasteiger partial charge is 0.264 e. The van der Waals surface area contributed by atoms with Gasteiger partial charge in [-0.25, -0.2) is 0 Å². The highest BCUT2D eigenvalue weighted by Gasteiger charge is 2.05. The maximum atomic E-state index is 10.6. The third kappa shape index (κ3) is 3.62. The normalized spacial score (nSPS) is 11.5. The summed E-state index contributed by atoms with van der Waals surface area (Å²) in [4.78, 5) is 10.7. The number of nitroso groups, excluding NO2 is 1. The lowest BCUT2D eigenvalue weighted by atomic mass is 10.5. The fourth-order valence-electron chi connectivity index (χ4n) is 0.658. The lowest BCUT2D eigenvalue weighted by Gasteiger charge is -1.96. The van der Waals surface area contributed by atoms with E-state index < -0.39 is 10.1 Å². The van der Waals surface area contributed by atoms with Crippen molar-refractivity contribution in [3.8, 4) is 0 Å². The molecule has 1 aromatic heterocycles. The highest BCUT2D eigenvalue weighted by molar-refractivity contribution is 7.85. The zero-order chi connectivity index (χ0) is 9.90. The fraction of sp³-hybridized carbons (Fsp3) is 0.333. The molecule has 72 valence electrons. The van der Waals surface area contributed by atoms with Crippen LogP contribution in [0.2, 0.25) is 0 Å². The lowest BCUT2D eigenvalue weighted by molar-refractivity contribution is 0.315. The van der Waals surface area contributed by atoms with Gasteiger partial charge in [0.15, 0.2) is 5.00 Å². The van der Waals surface area contributed by atoms with Gasteiger partial charge in [-0.2, -0.15) is 8.42 Å². The third-order valence-electron chi connectivity index (χ3n) is 1.15. The summed E-state index contributed by atoms with van der Waals surface area (Å²) in [6.45, 7) is -0.0426. The van der Waals surface area contributed by atoms with Gasteiger partial charge >= 0.3 is 0 Å². The van der Waals surface area contributed by atoms with Crippen molar-refractivity contribution in [2.45, 2.75) is 6.61 Å². The standard InChI is InChI=1S/C6H7NO4S2/c1-13(9,10)11-4-5-2-3-6(7-8)12-5/h2-3H,4H2,1H3. The van der Waals surface area contributed by atoms with Gasteiger partial charge in [-0.1, -0.05) is 0 Å². The second-order valence-corrected chi connectivity index (χ2v) is 5.09. The van der Waals surface area contributed by atoms with Gasteiger partial charge in [-0.05, 0) is 17.3 Å². The lowest BCUT2D eigenvalue weighted by Crippen LogP contribution is -2.01. The van der Waals surface area contributed by atoms with Crippen LogP contribution in [0.25, 0.3) is 0 Å².